The van der Waals surface area contributed by atoms with Gasteiger partial charge < -0.3 is 9.80 Å². The zero-order valence-electron chi connectivity index (χ0n) is 14.5. The molecule has 7 nitrogen and oxygen atoms in total. The maximum atomic E-state index is 12.5. The van der Waals surface area contributed by atoms with E-state index >= 15 is 0 Å². The van der Waals surface area contributed by atoms with Crippen LogP contribution in [0.5, 0.6) is 0 Å². The highest BCUT2D eigenvalue weighted by atomic mass is 16.2. The minimum absolute atomic E-state index is 0.236. The Morgan fingerprint density at radius 3 is 2.42 bits per heavy atom. The van der Waals surface area contributed by atoms with Crippen molar-refractivity contribution in [2.75, 3.05) is 13.1 Å². The minimum Gasteiger partial charge on any atom is -0.330 e. The van der Waals surface area contributed by atoms with Crippen LogP contribution in [0.4, 0.5) is 0 Å². The van der Waals surface area contributed by atoms with E-state index in [2.05, 4.69) is 15.2 Å². The van der Waals surface area contributed by atoms with Crippen molar-refractivity contribution in [1.82, 2.24) is 25.0 Å². The molecule has 0 bridgehead atoms. The van der Waals surface area contributed by atoms with Crippen molar-refractivity contribution in [3.05, 3.63) is 42.2 Å². The molecule has 4 rings (SSSR count). The van der Waals surface area contributed by atoms with Crippen molar-refractivity contribution in [1.29, 1.82) is 0 Å². The van der Waals surface area contributed by atoms with Crippen molar-refractivity contribution in [3.63, 3.8) is 0 Å². The molecule has 26 heavy (non-hydrogen) atoms. The lowest BCUT2D eigenvalue weighted by molar-refractivity contribution is -0.158. The van der Waals surface area contributed by atoms with Gasteiger partial charge in [0.15, 0.2) is 5.82 Å². The van der Waals surface area contributed by atoms with Gasteiger partial charge in [-0.3, -0.25) is 9.59 Å². The summed E-state index contributed by atoms with van der Waals surface area (Å²) < 4.78 is 0. The standard InChI is InChI=1S/C19H21N5O2/c25-18-19(26)24(16-8-4-5-9-16)11-10-23(18)13-15-12-20-17(22-21-15)14-6-2-1-3-7-14/h1-3,6-7,12,16H,4-5,8-11,13H2. The van der Waals surface area contributed by atoms with Gasteiger partial charge in [-0.2, -0.15) is 0 Å². The predicted molar refractivity (Wildman–Crippen MR) is 94.6 cm³/mol. The number of piperazine rings is 1. The number of amides is 2. The first kappa shape index (κ1) is 16.6. The van der Waals surface area contributed by atoms with Crippen molar-refractivity contribution in [2.24, 2.45) is 0 Å². The summed E-state index contributed by atoms with van der Waals surface area (Å²) in [5.41, 5.74) is 1.48. The molecule has 2 fully saturated rings. The number of carbonyl (C=O) groups excluding carboxylic acids is 2. The van der Waals surface area contributed by atoms with E-state index in [0.29, 0.717) is 24.6 Å². The summed E-state index contributed by atoms with van der Waals surface area (Å²) in [6.45, 7) is 1.39. The first-order valence-corrected chi connectivity index (χ1v) is 9.06. The fraction of sp³-hybridized carbons (Fsp3) is 0.421. The molecule has 0 atom stereocenters. The molecule has 0 unspecified atom stereocenters. The molecule has 1 aliphatic carbocycles. The highest BCUT2D eigenvalue weighted by molar-refractivity contribution is 6.35. The van der Waals surface area contributed by atoms with Gasteiger partial charge in [0.2, 0.25) is 0 Å². The minimum atomic E-state index is -0.447. The SMILES string of the molecule is O=C1C(=O)N(C2CCCC2)CCN1Cc1cnc(-c2ccccc2)nn1. The average Bonchev–Trinajstić information content (AvgIpc) is 3.21. The zero-order valence-corrected chi connectivity index (χ0v) is 14.5. The summed E-state index contributed by atoms with van der Waals surface area (Å²) in [6, 6.07) is 9.84. The molecular formula is C19H21N5O2. The van der Waals surface area contributed by atoms with E-state index in [1.54, 1.807) is 16.0 Å². The Kier molecular flexibility index (Phi) is 4.60. The second kappa shape index (κ2) is 7.19. The zero-order chi connectivity index (χ0) is 17.9. The lowest BCUT2D eigenvalue weighted by Crippen LogP contribution is -2.56. The normalized spacial score (nSPS) is 18.6. The van der Waals surface area contributed by atoms with Gasteiger partial charge in [-0.1, -0.05) is 43.2 Å². The number of rotatable bonds is 4. The Labute approximate surface area is 152 Å². The Hall–Kier alpha value is -2.83. The summed E-state index contributed by atoms with van der Waals surface area (Å²) in [7, 11) is 0. The molecule has 1 aromatic carbocycles. The summed E-state index contributed by atoms with van der Waals surface area (Å²) in [5, 5.41) is 8.32. The number of aromatic nitrogens is 3. The third-order valence-corrected chi connectivity index (χ3v) is 5.10. The largest absolute Gasteiger partial charge is 0.330 e. The molecule has 2 amide bonds. The first-order chi connectivity index (χ1) is 12.7. The highest BCUT2D eigenvalue weighted by Gasteiger charge is 2.37. The number of nitrogens with zero attached hydrogens (tertiary/aromatic N) is 5. The number of hydrogen-bond acceptors (Lipinski definition) is 5. The highest BCUT2D eigenvalue weighted by Crippen LogP contribution is 2.25. The molecule has 1 aromatic heterocycles. The summed E-state index contributed by atoms with van der Waals surface area (Å²) in [5.74, 6) is -0.287. The van der Waals surface area contributed by atoms with E-state index in [1.807, 2.05) is 30.3 Å². The summed E-state index contributed by atoms with van der Waals surface area (Å²) in [6.07, 6.45) is 5.92. The molecule has 0 spiro atoms. The molecular weight excluding hydrogens is 330 g/mol. The molecule has 1 saturated carbocycles. The van der Waals surface area contributed by atoms with E-state index < -0.39 is 5.91 Å². The van der Waals surface area contributed by atoms with Crippen LogP contribution in [0.2, 0.25) is 0 Å². The quantitative estimate of drug-likeness (QED) is 0.783. The Bertz CT molecular complexity index is 787. The van der Waals surface area contributed by atoms with Crippen LogP contribution in [0.15, 0.2) is 36.5 Å². The maximum Gasteiger partial charge on any atom is 0.312 e. The second-order valence-electron chi connectivity index (χ2n) is 6.80. The van der Waals surface area contributed by atoms with Crippen LogP contribution in [0.25, 0.3) is 11.4 Å². The average molecular weight is 351 g/mol. The molecule has 1 aliphatic heterocycles. The van der Waals surface area contributed by atoms with Crippen molar-refractivity contribution in [2.45, 2.75) is 38.3 Å². The lowest BCUT2D eigenvalue weighted by Gasteiger charge is -2.36. The summed E-state index contributed by atoms with van der Waals surface area (Å²) >= 11 is 0. The van der Waals surface area contributed by atoms with Gasteiger partial charge >= 0.3 is 11.8 Å². The van der Waals surface area contributed by atoms with E-state index in [4.69, 9.17) is 0 Å². The van der Waals surface area contributed by atoms with Gasteiger partial charge in [0.1, 0.15) is 5.69 Å². The number of carbonyl (C=O) groups is 2. The van der Waals surface area contributed by atoms with Crippen LogP contribution >= 0.6 is 0 Å². The fourth-order valence-electron chi connectivity index (χ4n) is 3.69. The summed E-state index contributed by atoms with van der Waals surface area (Å²) in [4.78, 5) is 32.5. The lowest BCUT2D eigenvalue weighted by atomic mass is 10.1. The molecule has 0 N–H and O–H groups in total. The van der Waals surface area contributed by atoms with Gasteiger partial charge in [-0.15, -0.1) is 10.2 Å². The Balaban J connectivity index is 1.41. The van der Waals surface area contributed by atoms with Crippen LogP contribution < -0.4 is 0 Å². The maximum absolute atomic E-state index is 12.5. The third kappa shape index (κ3) is 3.29. The van der Waals surface area contributed by atoms with Crippen LogP contribution in [-0.4, -0.2) is 55.9 Å². The Morgan fingerprint density at radius 2 is 1.73 bits per heavy atom. The fourth-order valence-corrected chi connectivity index (χ4v) is 3.69. The molecule has 134 valence electrons. The molecule has 1 saturated heterocycles. The molecule has 0 radical (unpaired) electrons. The van der Waals surface area contributed by atoms with E-state index in [1.165, 1.54) is 0 Å². The van der Waals surface area contributed by atoms with Crippen molar-refractivity contribution in [3.8, 4) is 11.4 Å². The van der Waals surface area contributed by atoms with Gasteiger partial charge in [0.25, 0.3) is 0 Å². The molecule has 2 aliphatic rings. The van der Waals surface area contributed by atoms with Gasteiger partial charge in [-0.05, 0) is 12.8 Å². The smallest absolute Gasteiger partial charge is 0.312 e. The van der Waals surface area contributed by atoms with Crippen molar-refractivity contribution >= 4 is 11.8 Å². The van der Waals surface area contributed by atoms with Crippen LogP contribution in [0.1, 0.15) is 31.4 Å². The van der Waals surface area contributed by atoms with Gasteiger partial charge in [0, 0.05) is 24.7 Å². The van der Waals surface area contributed by atoms with E-state index in [0.717, 1.165) is 31.2 Å². The van der Waals surface area contributed by atoms with Gasteiger partial charge in [-0.25, -0.2) is 4.98 Å². The Morgan fingerprint density at radius 1 is 0.962 bits per heavy atom. The van der Waals surface area contributed by atoms with Crippen LogP contribution in [0.3, 0.4) is 0 Å². The number of hydrogen-bond donors (Lipinski definition) is 0. The molecule has 7 heteroatoms. The monoisotopic (exact) mass is 351 g/mol. The molecule has 2 aromatic rings. The second-order valence-corrected chi connectivity index (χ2v) is 6.80. The third-order valence-electron chi connectivity index (χ3n) is 5.10. The van der Waals surface area contributed by atoms with E-state index in [9.17, 15) is 9.59 Å². The predicted octanol–water partition coefficient (Wildman–Crippen LogP) is 1.65. The van der Waals surface area contributed by atoms with Gasteiger partial charge in [0.05, 0.1) is 12.7 Å². The topological polar surface area (TPSA) is 79.3 Å². The van der Waals surface area contributed by atoms with Crippen LogP contribution in [0, 0.1) is 0 Å². The van der Waals surface area contributed by atoms with E-state index in [-0.39, 0.29) is 18.5 Å². The van der Waals surface area contributed by atoms with Crippen LogP contribution in [-0.2, 0) is 16.1 Å². The first-order valence-electron chi connectivity index (χ1n) is 9.06. The molecule has 2 heterocycles. The van der Waals surface area contributed by atoms with Crippen molar-refractivity contribution < 1.29 is 9.59 Å². The number of benzene rings is 1.